The third kappa shape index (κ3) is 5.40. The second-order valence-electron chi connectivity index (χ2n) is 7.11. The van der Waals surface area contributed by atoms with E-state index in [1.54, 1.807) is 42.7 Å². The number of benzene rings is 2. The summed E-state index contributed by atoms with van der Waals surface area (Å²) < 4.78 is 57.8. The number of urea groups is 1. The van der Waals surface area contributed by atoms with Crippen LogP contribution in [-0.4, -0.2) is 22.7 Å². The van der Waals surface area contributed by atoms with Crippen molar-refractivity contribution < 1.29 is 27.1 Å². The fourth-order valence-corrected chi connectivity index (χ4v) is 3.23. The first-order valence-electron chi connectivity index (χ1n) is 9.87. The molecule has 6 nitrogen and oxygen atoms in total. The van der Waals surface area contributed by atoms with Crippen LogP contribution in [0.4, 0.5) is 33.7 Å². The third-order valence-corrected chi connectivity index (χ3v) is 4.72. The van der Waals surface area contributed by atoms with Crippen molar-refractivity contribution in [3.8, 4) is 11.5 Å². The molecule has 0 radical (unpaired) electrons. The van der Waals surface area contributed by atoms with Crippen LogP contribution in [0, 0.1) is 0 Å². The van der Waals surface area contributed by atoms with Gasteiger partial charge in [0.2, 0.25) is 0 Å². The molecule has 0 unspecified atom stereocenters. The molecule has 0 saturated heterocycles. The molecule has 0 atom stereocenters. The number of hydrogen-bond acceptors (Lipinski definition) is 3. The number of carbonyl (C=O) groups excluding carboxylic acids is 1. The molecule has 33 heavy (non-hydrogen) atoms. The SMILES string of the molecule is O=C(Nc1ccc(Oc2ccnc3[nH]ccc23)cc1)Nc1cc(CCF)cc(C(F)(F)F)c1. The van der Waals surface area contributed by atoms with Crippen LogP contribution in [0.3, 0.4) is 0 Å². The highest BCUT2D eigenvalue weighted by molar-refractivity contribution is 5.99. The van der Waals surface area contributed by atoms with E-state index in [0.717, 1.165) is 17.5 Å². The van der Waals surface area contributed by atoms with Crippen molar-refractivity contribution in [1.29, 1.82) is 0 Å². The van der Waals surface area contributed by atoms with E-state index in [9.17, 15) is 22.4 Å². The molecule has 170 valence electrons. The number of ether oxygens (including phenoxy) is 1. The highest BCUT2D eigenvalue weighted by Gasteiger charge is 2.31. The number of alkyl halides is 4. The van der Waals surface area contributed by atoms with Crippen molar-refractivity contribution in [2.45, 2.75) is 12.6 Å². The van der Waals surface area contributed by atoms with E-state index < -0.39 is 24.4 Å². The summed E-state index contributed by atoms with van der Waals surface area (Å²) in [7, 11) is 0. The normalized spacial score (nSPS) is 11.4. The number of anilines is 2. The van der Waals surface area contributed by atoms with Gasteiger partial charge in [-0.15, -0.1) is 0 Å². The molecule has 2 heterocycles. The second kappa shape index (κ2) is 9.19. The Hall–Kier alpha value is -4.08. The molecule has 0 bridgehead atoms. The predicted octanol–water partition coefficient (Wildman–Crippen LogP) is 6.53. The Kier molecular flexibility index (Phi) is 6.16. The number of aromatic amines is 1. The number of H-pyrrole nitrogens is 1. The molecular weight excluding hydrogens is 440 g/mol. The van der Waals surface area contributed by atoms with Crippen LogP contribution in [0.15, 0.2) is 67.0 Å². The number of aromatic nitrogens is 2. The first-order valence-corrected chi connectivity index (χ1v) is 9.87. The summed E-state index contributed by atoms with van der Waals surface area (Å²) >= 11 is 0. The van der Waals surface area contributed by atoms with Crippen LogP contribution in [0.2, 0.25) is 0 Å². The van der Waals surface area contributed by atoms with E-state index in [2.05, 4.69) is 20.6 Å². The summed E-state index contributed by atoms with van der Waals surface area (Å²) in [4.78, 5) is 19.5. The van der Waals surface area contributed by atoms with Crippen LogP contribution >= 0.6 is 0 Å². The Balaban J connectivity index is 1.43. The molecule has 0 aliphatic carbocycles. The van der Waals surface area contributed by atoms with Crippen LogP contribution in [-0.2, 0) is 12.6 Å². The topological polar surface area (TPSA) is 79.0 Å². The number of fused-ring (bicyclic) bond motifs is 1. The molecule has 4 rings (SSSR count). The van der Waals surface area contributed by atoms with Gasteiger partial charge in [-0.2, -0.15) is 13.2 Å². The van der Waals surface area contributed by atoms with Crippen molar-refractivity contribution >= 4 is 28.4 Å². The molecule has 0 saturated carbocycles. The van der Waals surface area contributed by atoms with Gasteiger partial charge in [-0.3, -0.25) is 4.39 Å². The molecule has 3 N–H and O–H groups in total. The first kappa shape index (κ1) is 22.1. The number of carbonyl (C=O) groups is 1. The van der Waals surface area contributed by atoms with E-state index in [0.29, 0.717) is 22.8 Å². The molecule has 0 aliphatic heterocycles. The lowest BCUT2D eigenvalue weighted by Gasteiger charge is -2.13. The fourth-order valence-electron chi connectivity index (χ4n) is 3.23. The molecule has 2 aromatic heterocycles. The molecule has 4 aromatic rings. The average molecular weight is 458 g/mol. The number of amides is 2. The zero-order chi connectivity index (χ0) is 23.4. The molecule has 10 heteroatoms. The van der Waals surface area contributed by atoms with Gasteiger partial charge in [0.1, 0.15) is 17.1 Å². The second-order valence-corrected chi connectivity index (χ2v) is 7.11. The monoisotopic (exact) mass is 458 g/mol. The maximum Gasteiger partial charge on any atom is 0.416 e. The Bertz CT molecular complexity index is 1270. The van der Waals surface area contributed by atoms with Crippen molar-refractivity contribution in [3.63, 3.8) is 0 Å². The maximum atomic E-state index is 13.1. The maximum absolute atomic E-state index is 13.1. The van der Waals surface area contributed by atoms with Crippen LogP contribution < -0.4 is 15.4 Å². The molecular formula is C23H18F4N4O2. The standard InChI is InChI=1S/C23H18F4N4O2/c24-8-5-14-11-15(23(25,26)27)13-17(12-14)31-22(32)30-16-1-3-18(4-2-16)33-20-7-10-29-21-19(20)6-9-28-21/h1-4,6-7,9-13H,5,8H2,(H,28,29)(H2,30,31,32). The van der Waals surface area contributed by atoms with Crippen molar-refractivity contribution in [3.05, 3.63) is 78.1 Å². The third-order valence-electron chi connectivity index (χ3n) is 4.72. The van der Waals surface area contributed by atoms with E-state index in [1.165, 1.54) is 6.07 Å². The van der Waals surface area contributed by atoms with Gasteiger partial charge in [0.15, 0.2) is 0 Å². The summed E-state index contributed by atoms with van der Waals surface area (Å²) in [5.74, 6) is 1.12. The minimum Gasteiger partial charge on any atom is -0.457 e. The lowest BCUT2D eigenvalue weighted by Crippen LogP contribution is -2.20. The van der Waals surface area contributed by atoms with Crippen LogP contribution in [0.25, 0.3) is 11.0 Å². The summed E-state index contributed by atoms with van der Waals surface area (Å²) in [6.07, 6.45) is -1.44. The summed E-state index contributed by atoms with van der Waals surface area (Å²) in [6, 6.07) is 12.2. The van der Waals surface area contributed by atoms with Crippen LogP contribution in [0.1, 0.15) is 11.1 Å². The van der Waals surface area contributed by atoms with Crippen molar-refractivity contribution in [2.24, 2.45) is 0 Å². The minimum atomic E-state index is -4.62. The molecule has 0 fully saturated rings. The Morgan fingerprint density at radius 3 is 2.48 bits per heavy atom. The summed E-state index contributed by atoms with van der Waals surface area (Å²) in [5, 5.41) is 5.71. The smallest absolute Gasteiger partial charge is 0.416 e. The average Bonchev–Trinajstić information content (AvgIpc) is 3.24. The van der Waals surface area contributed by atoms with E-state index in [-0.39, 0.29) is 17.7 Å². The number of pyridine rings is 1. The molecule has 2 amide bonds. The first-order chi connectivity index (χ1) is 15.8. The highest BCUT2D eigenvalue weighted by Crippen LogP contribution is 2.32. The van der Waals surface area contributed by atoms with Gasteiger partial charge in [0.05, 0.1) is 17.6 Å². The molecule has 0 spiro atoms. The van der Waals surface area contributed by atoms with Gasteiger partial charge in [-0.1, -0.05) is 0 Å². The van der Waals surface area contributed by atoms with E-state index in [4.69, 9.17) is 4.74 Å². The Morgan fingerprint density at radius 2 is 1.76 bits per heavy atom. The summed E-state index contributed by atoms with van der Waals surface area (Å²) in [6.45, 7) is -0.809. The van der Waals surface area contributed by atoms with Gasteiger partial charge < -0.3 is 20.4 Å². The molecule has 2 aromatic carbocycles. The van der Waals surface area contributed by atoms with Crippen molar-refractivity contribution in [2.75, 3.05) is 17.3 Å². The summed E-state index contributed by atoms with van der Waals surface area (Å²) in [5.41, 5.74) is 0.178. The lowest BCUT2D eigenvalue weighted by molar-refractivity contribution is -0.137. The van der Waals surface area contributed by atoms with Gasteiger partial charge in [-0.05, 0) is 60.2 Å². The Morgan fingerprint density at radius 1 is 1.00 bits per heavy atom. The lowest BCUT2D eigenvalue weighted by atomic mass is 10.1. The minimum absolute atomic E-state index is 0.0843. The highest BCUT2D eigenvalue weighted by atomic mass is 19.4. The quantitative estimate of drug-likeness (QED) is 0.288. The number of halogens is 4. The molecule has 0 aliphatic rings. The zero-order valence-corrected chi connectivity index (χ0v) is 17.0. The van der Waals surface area contributed by atoms with E-state index >= 15 is 0 Å². The number of nitrogens with one attached hydrogen (secondary N) is 3. The number of aryl methyl sites for hydroxylation is 1. The zero-order valence-electron chi connectivity index (χ0n) is 17.0. The van der Waals surface area contributed by atoms with Gasteiger partial charge in [0.25, 0.3) is 0 Å². The van der Waals surface area contributed by atoms with Gasteiger partial charge in [0, 0.05) is 30.2 Å². The fraction of sp³-hybridized carbons (Fsp3) is 0.130. The van der Waals surface area contributed by atoms with Gasteiger partial charge >= 0.3 is 12.2 Å². The number of nitrogens with zero attached hydrogens (tertiary/aromatic N) is 1. The largest absolute Gasteiger partial charge is 0.457 e. The van der Waals surface area contributed by atoms with Crippen molar-refractivity contribution in [1.82, 2.24) is 9.97 Å². The van der Waals surface area contributed by atoms with Crippen LogP contribution in [0.5, 0.6) is 11.5 Å². The number of rotatable bonds is 6. The van der Waals surface area contributed by atoms with E-state index in [1.807, 2.05) is 6.07 Å². The Labute approximate surface area is 185 Å². The van der Waals surface area contributed by atoms with Gasteiger partial charge in [-0.25, -0.2) is 9.78 Å². The number of hydrogen-bond donors (Lipinski definition) is 3. The predicted molar refractivity (Wildman–Crippen MR) is 116 cm³/mol.